The molecule has 0 radical (unpaired) electrons. The average molecular weight is 223 g/mol. The number of hydrogen-bond donors (Lipinski definition) is 0. The molecule has 1 aromatic carbocycles. The van der Waals surface area contributed by atoms with Crippen LogP contribution >= 0.6 is 0 Å². The second-order valence-electron chi connectivity index (χ2n) is 3.49. The number of aryl methyl sites for hydroxylation is 1. The Morgan fingerprint density at radius 2 is 2.00 bits per heavy atom. The summed E-state index contributed by atoms with van der Waals surface area (Å²) in [4.78, 5) is 0. The summed E-state index contributed by atoms with van der Waals surface area (Å²) in [6, 6.07) is 12.4. The molecule has 0 saturated heterocycles. The molecule has 1 aromatic heterocycles. The highest BCUT2D eigenvalue weighted by Crippen LogP contribution is 2.25. The van der Waals surface area contributed by atoms with Gasteiger partial charge in [0.15, 0.2) is 5.88 Å². The quantitative estimate of drug-likeness (QED) is 0.786. The van der Waals surface area contributed by atoms with Crippen LogP contribution < -0.4 is 4.74 Å². The van der Waals surface area contributed by atoms with Crippen LogP contribution in [0.4, 0.5) is 0 Å². The zero-order chi connectivity index (χ0) is 12.3. The molecule has 4 heteroatoms. The summed E-state index contributed by atoms with van der Waals surface area (Å²) < 4.78 is 7.39. The maximum atomic E-state index is 8.96. The molecule has 82 valence electrons. The summed E-state index contributed by atoms with van der Waals surface area (Å²) in [5.41, 5.74) is 0.874. The summed E-state index contributed by atoms with van der Waals surface area (Å²) in [6.07, 6.45) is 1.84. The number of benzene rings is 1. The zero-order valence-corrected chi connectivity index (χ0v) is 9.21. The van der Waals surface area contributed by atoms with E-state index in [9.17, 15) is 0 Å². The highest BCUT2D eigenvalue weighted by Gasteiger charge is 2.07. The molecule has 0 fully saturated rings. The van der Waals surface area contributed by atoms with Crippen LogP contribution in [-0.4, -0.2) is 4.57 Å². The third-order valence-electron chi connectivity index (χ3n) is 2.34. The van der Waals surface area contributed by atoms with E-state index in [0.717, 1.165) is 0 Å². The van der Waals surface area contributed by atoms with Crippen molar-refractivity contribution in [2.45, 2.75) is 0 Å². The Bertz CT molecular complexity index is 629. The van der Waals surface area contributed by atoms with Crippen molar-refractivity contribution in [2.75, 3.05) is 0 Å². The number of nitrogens with zero attached hydrogens (tertiary/aromatic N) is 3. The highest BCUT2D eigenvalue weighted by molar-refractivity contribution is 5.49. The number of hydrogen-bond acceptors (Lipinski definition) is 3. The van der Waals surface area contributed by atoms with Gasteiger partial charge >= 0.3 is 0 Å². The third kappa shape index (κ3) is 2.11. The normalized spacial score (nSPS) is 9.35. The molecular weight excluding hydrogens is 214 g/mol. The van der Waals surface area contributed by atoms with E-state index in [1.807, 2.05) is 31.4 Å². The second kappa shape index (κ2) is 4.42. The minimum absolute atomic E-state index is 0.397. The van der Waals surface area contributed by atoms with Crippen molar-refractivity contribution in [3.63, 3.8) is 0 Å². The van der Waals surface area contributed by atoms with Gasteiger partial charge in [-0.3, -0.25) is 0 Å². The van der Waals surface area contributed by atoms with Crippen molar-refractivity contribution < 1.29 is 4.74 Å². The van der Waals surface area contributed by atoms with Crippen LogP contribution in [0.2, 0.25) is 0 Å². The van der Waals surface area contributed by atoms with Crippen LogP contribution in [-0.2, 0) is 7.05 Å². The Labute approximate surface area is 98.9 Å². The van der Waals surface area contributed by atoms with Crippen molar-refractivity contribution in [1.82, 2.24) is 4.57 Å². The average Bonchev–Trinajstić information content (AvgIpc) is 2.75. The van der Waals surface area contributed by atoms with Gasteiger partial charge in [-0.05, 0) is 24.3 Å². The van der Waals surface area contributed by atoms with E-state index in [4.69, 9.17) is 15.3 Å². The van der Waals surface area contributed by atoms with Crippen LogP contribution in [0.3, 0.4) is 0 Å². The van der Waals surface area contributed by atoms with E-state index in [-0.39, 0.29) is 0 Å². The van der Waals surface area contributed by atoms with Gasteiger partial charge < -0.3 is 9.30 Å². The lowest BCUT2D eigenvalue weighted by Crippen LogP contribution is -1.94. The number of aromatic nitrogens is 1. The summed E-state index contributed by atoms with van der Waals surface area (Å²) in [5.74, 6) is 1.02. The Morgan fingerprint density at radius 3 is 2.59 bits per heavy atom. The van der Waals surface area contributed by atoms with Crippen LogP contribution in [0.5, 0.6) is 11.6 Å². The zero-order valence-electron chi connectivity index (χ0n) is 9.21. The van der Waals surface area contributed by atoms with Gasteiger partial charge in [0.2, 0.25) is 0 Å². The molecule has 0 amide bonds. The van der Waals surface area contributed by atoms with Gasteiger partial charge in [-0.15, -0.1) is 0 Å². The van der Waals surface area contributed by atoms with Crippen molar-refractivity contribution in [2.24, 2.45) is 7.05 Å². The molecule has 0 unspecified atom stereocenters. The molecule has 0 saturated carbocycles. The van der Waals surface area contributed by atoms with Gasteiger partial charge in [-0.25, -0.2) is 0 Å². The predicted octanol–water partition coefficient (Wildman–Crippen LogP) is 2.56. The standard InChI is InChI=1S/C13H9N3O/c1-16-6-2-3-13(16)17-12-7-10(8-14)4-5-11(12)9-15/h2-7H,1H3. The fourth-order valence-electron chi connectivity index (χ4n) is 1.43. The Kier molecular flexibility index (Phi) is 2.81. The summed E-state index contributed by atoms with van der Waals surface area (Å²) in [6.45, 7) is 0. The molecule has 0 spiro atoms. The van der Waals surface area contributed by atoms with E-state index >= 15 is 0 Å². The van der Waals surface area contributed by atoms with Crippen molar-refractivity contribution >= 4 is 0 Å². The first kappa shape index (κ1) is 10.8. The van der Waals surface area contributed by atoms with Gasteiger partial charge in [0.05, 0.1) is 17.2 Å². The summed E-state index contributed by atoms with van der Waals surface area (Å²) in [7, 11) is 1.84. The Hall–Kier alpha value is -2.72. The van der Waals surface area contributed by atoms with E-state index in [1.165, 1.54) is 0 Å². The molecule has 2 aromatic rings. The number of rotatable bonds is 2. The Balaban J connectivity index is 2.42. The smallest absolute Gasteiger partial charge is 0.199 e. The maximum Gasteiger partial charge on any atom is 0.199 e. The fourth-order valence-corrected chi connectivity index (χ4v) is 1.43. The lowest BCUT2D eigenvalue weighted by Gasteiger charge is -2.08. The lowest BCUT2D eigenvalue weighted by molar-refractivity contribution is 0.442. The minimum atomic E-state index is 0.397. The van der Waals surface area contributed by atoms with E-state index in [1.54, 1.807) is 28.8 Å². The van der Waals surface area contributed by atoms with Gasteiger partial charge in [-0.2, -0.15) is 10.5 Å². The van der Waals surface area contributed by atoms with Crippen molar-refractivity contribution in [3.8, 4) is 23.8 Å². The first-order valence-corrected chi connectivity index (χ1v) is 4.98. The maximum absolute atomic E-state index is 8.96. The first-order chi connectivity index (χ1) is 8.24. The molecule has 0 aliphatic heterocycles. The molecular formula is C13H9N3O. The molecule has 17 heavy (non-hydrogen) atoms. The summed E-state index contributed by atoms with van der Waals surface area (Å²) in [5, 5.41) is 17.8. The van der Waals surface area contributed by atoms with Crippen LogP contribution in [0, 0.1) is 22.7 Å². The predicted molar refractivity (Wildman–Crippen MR) is 61.4 cm³/mol. The highest BCUT2D eigenvalue weighted by atomic mass is 16.5. The number of nitriles is 2. The van der Waals surface area contributed by atoms with Crippen LogP contribution in [0.1, 0.15) is 11.1 Å². The Morgan fingerprint density at radius 1 is 1.18 bits per heavy atom. The molecule has 0 N–H and O–H groups in total. The molecule has 0 aliphatic rings. The topological polar surface area (TPSA) is 61.7 Å². The van der Waals surface area contributed by atoms with E-state index in [2.05, 4.69) is 0 Å². The van der Waals surface area contributed by atoms with Gasteiger partial charge in [-0.1, -0.05) is 0 Å². The van der Waals surface area contributed by atoms with E-state index in [0.29, 0.717) is 22.8 Å². The van der Waals surface area contributed by atoms with Gasteiger partial charge in [0, 0.05) is 19.3 Å². The SMILES string of the molecule is Cn1cccc1Oc1cc(C#N)ccc1C#N. The van der Waals surface area contributed by atoms with Gasteiger partial charge in [0.25, 0.3) is 0 Å². The molecule has 0 aliphatic carbocycles. The van der Waals surface area contributed by atoms with Crippen molar-refractivity contribution in [1.29, 1.82) is 10.5 Å². The van der Waals surface area contributed by atoms with Crippen LogP contribution in [0.15, 0.2) is 36.5 Å². The monoisotopic (exact) mass is 223 g/mol. The number of ether oxygens (including phenoxy) is 1. The first-order valence-electron chi connectivity index (χ1n) is 4.98. The largest absolute Gasteiger partial charge is 0.439 e. The molecule has 1 heterocycles. The molecule has 0 atom stereocenters. The van der Waals surface area contributed by atoms with Crippen LogP contribution in [0.25, 0.3) is 0 Å². The van der Waals surface area contributed by atoms with E-state index < -0.39 is 0 Å². The molecule has 4 nitrogen and oxygen atoms in total. The molecule has 0 bridgehead atoms. The molecule has 2 rings (SSSR count). The minimum Gasteiger partial charge on any atom is -0.439 e. The third-order valence-corrected chi connectivity index (χ3v) is 2.34. The van der Waals surface area contributed by atoms with Gasteiger partial charge in [0.1, 0.15) is 11.8 Å². The fraction of sp³-hybridized carbons (Fsp3) is 0.0769. The summed E-state index contributed by atoms with van der Waals surface area (Å²) >= 11 is 0. The van der Waals surface area contributed by atoms with Crippen molar-refractivity contribution in [3.05, 3.63) is 47.7 Å². The second-order valence-corrected chi connectivity index (χ2v) is 3.49. The lowest BCUT2D eigenvalue weighted by atomic mass is 10.1.